The highest BCUT2D eigenvalue weighted by atomic mass is 35.5. The zero-order chi connectivity index (χ0) is 11.4. The number of phenols is 1. The van der Waals surface area contributed by atoms with E-state index >= 15 is 0 Å². The second kappa shape index (κ2) is 5.30. The number of aliphatic hydroxyl groups is 2. The van der Waals surface area contributed by atoms with Gasteiger partial charge in [-0.2, -0.15) is 0 Å². The Bertz CT molecular complexity index is 332. The first-order chi connectivity index (χ1) is 7.06. The van der Waals surface area contributed by atoms with Crippen LogP contribution in [0.25, 0.3) is 0 Å². The lowest BCUT2D eigenvalue weighted by Gasteiger charge is -2.17. The van der Waals surface area contributed by atoms with Gasteiger partial charge in [-0.15, -0.1) is 11.6 Å². The quantitative estimate of drug-likeness (QED) is 0.693. The van der Waals surface area contributed by atoms with E-state index < -0.39 is 23.8 Å². The number of rotatable bonds is 4. The molecule has 0 aromatic heterocycles. The summed E-state index contributed by atoms with van der Waals surface area (Å²) in [5.74, 6) is -1.11. The van der Waals surface area contributed by atoms with E-state index in [0.29, 0.717) is 0 Å². The van der Waals surface area contributed by atoms with Crippen molar-refractivity contribution in [2.75, 3.05) is 5.88 Å². The molecule has 0 saturated carbocycles. The number of halogens is 2. The molecule has 3 N–H and O–H groups in total. The Hall–Kier alpha value is -0.840. The van der Waals surface area contributed by atoms with E-state index in [1.165, 1.54) is 6.07 Å². The maximum Gasteiger partial charge on any atom is 0.165 e. The van der Waals surface area contributed by atoms with Gasteiger partial charge in [0.05, 0.1) is 6.10 Å². The van der Waals surface area contributed by atoms with E-state index in [0.717, 1.165) is 12.1 Å². The summed E-state index contributed by atoms with van der Waals surface area (Å²) in [7, 11) is 0. The highest BCUT2D eigenvalue weighted by Gasteiger charge is 2.18. The Balaban J connectivity index is 2.81. The minimum Gasteiger partial charge on any atom is -0.505 e. The van der Waals surface area contributed by atoms with Gasteiger partial charge in [-0.25, -0.2) is 4.39 Å². The molecular weight excluding hydrogens is 223 g/mol. The van der Waals surface area contributed by atoms with Crippen LogP contribution in [-0.4, -0.2) is 27.3 Å². The summed E-state index contributed by atoms with van der Waals surface area (Å²) in [5, 5.41) is 27.9. The molecule has 0 saturated heterocycles. The monoisotopic (exact) mass is 234 g/mol. The predicted octanol–water partition coefficient (Wildman–Crippen LogP) is 1.55. The van der Waals surface area contributed by atoms with Crippen LogP contribution in [0.1, 0.15) is 18.1 Å². The molecule has 3 nitrogen and oxygen atoms in total. The molecule has 0 bridgehead atoms. The number of aliphatic hydroxyl groups excluding tert-OH is 2. The highest BCUT2D eigenvalue weighted by Crippen LogP contribution is 2.24. The summed E-state index contributed by atoms with van der Waals surface area (Å²) in [6, 6.07) is 3.46. The molecule has 1 aromatic carbocycles. The Kier molecular flexibility index (Phi) is 4.32. The zero-order valence-electron chi connectivity index (χ0n) is 7.90. The first-order valence-corrected chi connectivity index (χ1v) is 5.00. The third kappa shape index (κ3) is 3.06. The number of hydrogen-bond acceptors (Lipinski definition) is 3. The summed E-state index contributed by atoms with van der Waals surface area (Å²) >= 11 is 5.40. The second-order valence-corrected chi connectivity index (χ2v) is 3.58. The summed E-state index contributed by atoms with van der Waals surface area (Å²) < 4.78 is 12.9. The van der Waals surface area contributed by atoms with Gasteiger partial charge in [-0.3, -0.25) is 0 Å². The van der Waals surface area contributed by atoms with E-state index in [1.54, 1.807) is 0 Å². The summed E-state index contributed by atoms with van der Waals surface area (Å²) in [6.45, 7) is 0. The minimum atomic E-state index is -1.20. The van der Waals surface area contributed by atoms with Crippen LogP contribution in [0.5, 0.6) is 5.75 Å². The van der Waals surface area contributed by atoms with Crippen molar-refractivity contribution in [2.24, 2.45) is 0 Å². The Morgan fingerprint density at radius 3 is 2.53 bits per heavy atom. The van der Waals surface area contributed by atoms with Crippen molar-refractivity contribution in [1.82, 2.24) is 0 Å². The van der Waals surface area contributed by atoms with Crippen molar-refractivity contribution in [2.45, 2.75) is 18.6 Å². The van der Waals surface area contributed by atoms with E-state index in [9.17, 15) is 14.6 Å². The molecule has 5 heteroatoms. The fourth-order valence-corrected chi connectivity index (χ4v) is 1.42. The molecule has 0 heterocycles. The average molecular weight is 235 g/mol. The zero-order valence-corrected chi connectivity index (χ0v) is 8.65. The van der Waals surface area contributed by atoms with Gasteiger partial charge < -0.3 is 15.3 Å². The molecule has 2 unspecified atom stereocenters. The maximum atomic E-state index is 12.9. The van der Waals surface area contributed by atoms with Crippen LogP contribution in [0, 0.1) is 5.82 Å². The fourth-order valence-electron chi connectivity index (χ4n) is 1.20. The molecule has 0 aliphatic carbocycles. The molecule has 2 atom stereocenters. The molecule has 0 fully saturated rings. The predicted molar refractivity (Wildman–Crippen MR) is 54.4 cm³/mol. The summed E-state index contributed by atoms with van der Waals surface area (Å²) in [5.41, 5.74) is 0.211. The number of phenolic OH excluding ortho intramolecular Hbond substituents is 1. The third-order valence-electron chi connectivity index (χ3n) is 2.08. The Morgan fingerprint density at radius 1 is 1.33 bits per heavy atom. The van der Waals surface area contributed by atoms with Crippen molar-refractivity contribution in [3.8, 4) is 5.75 Å². The van der Waals surface area contributed by atoms with E-state index in [-0.39, 0.29) is 17.9 Å². The smallest absolute Gasteiger partial charge is 0.165 e. The first-order valence-electron chi connectivity index (χ1n) is 4.46. The number of alkyl halides is 1. The van der Waals surface area contributed by atoms with Gasteiger partial charge in [0, 0.05) is 5.88 Å². The van der Waals surface area contributed by atoms with Crippen molar-refractivity contribution in [3.63, 3.8) is 0 Å². The van der Waals surface area contributed by atoms with Crippen LogP contribution in [0.15, 0.2) is 18.2 Å². The summed E-state index contributed by atoms with van der Waals surface area (Å²) in [4.78, 5) is 0. The van der Waals surface area contributed by atoms with Crippen molar-refractivity contribution < 1.29 is 19.7 Å². The van der Waals surface area contributed by atoms with Gasteiger partial charge in [-0.05, 0) is 24.1 Å². The van der Waals surface area contributed by atoms with Crippen LogP contribution in [0.4, 0.5) is 4.39 Å². The van der Waals surface area contributed by atoms with Crippen molar-refractivity contribution in [1.29, 1.82) is 0 Å². The maximum absolute atomic E-state index is 12.9. The lowest BCUT2D eigenvalue weighted by atomic mass is 10.0. The molecule has 0 spiro atoms. The first kappa shape index (κ1) is 12.2. The van der Waals surface area contributed by atoms with E-state index in [4.69, 9.17) is 16.7 Å². The summed E-state index contributed by atoms with van der Waals surface area (Å²) in [6.07, 6.45) is -2.02. The molecule has 1 rings (SSSR count). The molecule has 84 valence electrons. The lowest BCUT2D eigenvalue weighted by Crippen LogP contribution is -2.18. The van der Waals surface area contributed by atoms with Crippen molar-refractivity contribution in [3.05, 3.63) is 29.6 Å². The molecule has 1 aromatic rings. The minimum absolute atomic E-state index is 0.207. The van der Waals surface area contributed by atoms with Crippen LogP contribution in [0.2, 0.25) is 0 Å². The SMILES string of the molecule is Oc1ccc(C(O)C(O)CCCl)cc1F. The lowest BCUT2D eigenvalue weighted by molar-refractivity contribution is 0.0168. The van der Waals surface area contributed by atoms with Gasteiger partial charge in [-0.1, -0.05) is 6.07 Å². The number of hydrogen-bond donors (Lipinski definition) is 3. The molecule has 0 amide bonds. The van der Waals surface area contributed by atoms with Gasteiger partial charge in [0.15, 0.2) is 11.6 Å². The fraction of sp³-hybridized carbons (Fsp3) is 0.400. The standard InChI is InChI=1S/C10H12ClFO3/c11-4-3-9(14)10(15)6-1-2-8(13)7(12)5-6/h1-2,5,9-10,13-15H,3-4H2. The average Bonchev–Trinajstić information content (AvgIpc) is 2.21. The number of aromatic hydroxyl groups is 1. The highest BCUT2D eigenvalue weighted by molar-refractivity contribution is 6.17. The molecule has 15 heavy (non-hydrogen) atoms. The second-order valence-electron chi connectivity index (χ2n) is 3.20. The molecule has 0 aliphatic rings. The van der Waals surface area contributed by atoms with Gasteiger partial charge in [0.25, 0.3) is 0 Å². The topological polar surface area (TPSA) is 60.7 Å². The van der Waals surface area contributed by atoms with E-state index in [2.05, 4.69) is 0 Å². The molecular formula is C10H12ClFO3. The Labute approximate surface area is 91.7 Å². The van der Waals surface area contributed by atoms with Gasteiger partial charge in [0.1, 0.15) is 6.10 Å². The van der Waals surface area contributed by atoms with E-state index in [1.807, 2.05) is 0 Å². The Morgan fingerprint density at radius 2 is 2.00 bits per heavy atom. The van der Waals surface area contributed by atoms with Crippen LogP contribution in [0.3, 0.4) is 0 Å². The van der Waals surface area contributed by atoms with Crippen LogP contribution < -0.4 is 0 Å². The third-order valence-corrected chi connectivity index (χ3v) is 2.30. The van der Waals surface area contributed by atoms with Crippen molar-refractivity contribution >= 4 is 11.6 Å². The molecule has 0 radical (unpaired) electrons. The normalized spacial score (nSPS) is 14.9. The van der Waals surface area contributed by atoms with Gasteiger partial charge >= 0.3 is 0 Å². The van der Waals surface area contributed by atoms with Crippen LogP contribution in [-0.2, 0) is 0 Å². The van der Waals surface area contributed by atoms with Crippen LogP contribution >= 0.6 is 11.6 Å². The number of benzene rings is 1. The molecule has 0 aliphatic heterocycles. The van der Waals surface area contributed by atoms with Gasteiger partial charge in [0.2, 0.25) is 0 Å². The largest absolute Gasteiger partial charge is 0.505 e.